The highest BCUT2D eigenvalue weighted by atomic mass is 16.1. The summed E-state index contributed by atoms with van der Waals surface area (Å²) < 4.78 is 0. The molecule has 2 aromatic heterocycles. The van der Waals surface area contributed by atoms with Crippen molar-refractivity contribution in [1.29, 1.82) is 0 Å². The van der Waals surface area contributed by atoms with Crippen LogP contribution in [-0.4, -0.2) is 15.0 Å². The van der Waals surface area contributed by atoms with Crippen LogP contribution in [0.5, 0.6) is 0 Å². The average molecular weight is 249 g/mol. The molecule has 0 radical (unpaired) electrons. The first-order chi connectivity index (χ1) is 9.36. The second-order valence-electron chi connectivity index (χ2n) is 4.04. The first-order valence-corrected chi connectivity index (χ1v) is 5.91. The van der Waals surface area contributed by atoms with Gasteiger partial charge in [-0.05, 0) is 12.1 Å². The lowest BCUT2D eigenvalue weighted by Crippen LogP contribution is -2.12. The summed E-state index contributed by atoms with van der Waals surface area (Å²) in [6.07, 6.45) is 3.08. The molecular weight excluding hydrogens is 238 g/mol. The van der Waals surface area contributed by atoms with Crippen LogP contribution in [0.3, 0.4) is 0 Å². The van der Waals surface area contributed by atoms with Gasteiger partial charge in [0.05, 0.1) is 23.3 Å². The molecule has 0 aliphatic carbocycles. The van der Waals surface area contributed by atoms with E-state index in [-0.39, 0.29) is 5.56 Å². The van der Waals surface area contributed by atoms with Crippen LogP contribution in [0, 0.1) is 0 Å². The van der Waals surface area contributed by atoms with Gasteiger partial charge in [0.1, 0.15) is 0 Å². The van der Waals surface area contributed by atoms with Crippen LogP contribution in [0.25, 0.3) is 22.5 Å². The molecule has 0 fully saturated rings. The zero-order valence-corrected chi connectivity index (χ0v) is 10.1. The lowest BCUT2D eigenvalue weighted by molar-refractivity contribution is 1.12. The maximum atomic E-state index is 12.1. The third-order valence-corrected chi connectivity index (χ3v) is 2.82. The highest BCUT2D eigenvalue weighted by Crippen LogP contribution is 2.24. The molecule has 3 rings (SSSR count). The van der Waals surface area contributed by atoms with E-state index in [0.717, 1.165) is 5.56 Å². The first kappa shape index (κ1) is 11.3. The van der Waals surface area contributed by atoms with Crippen molar-refractivity contribution < 1.29 is 0 Å². The van der Waals surface area contributed by atoms with Crippen molar-refractivity contribution in [2.24, 2.45) is 0 Å². The molecule has 4 nitrogen and oxygen atoms in total. The molecule has 0 bridgehead atoms. The van der Waals surface area contributed by atoms with Crippen molar-refractivity contribution in [2.75, 3.05) is 0 Å². The first-order valence-electron chi connectivity index (χ1n) is 5.91. The molecule has 0 atom stereocenters. The van der Waals surface area contributed by atoms with Gasteiger partial charge in [-0.1, -0.05) is 36.4 Å². The Hall–Kier alpha value is -2.75. The zero-order chi connectivity index (χ0) is 13.1. The predicted octanol–water partition coefficient (Wildman–Crippen LogP) is 2.50. The topological polar surface area (TPSA) is 58.6 Å². The molecule has 0 spiro atoms. The van der Waals surface area contributed by atoms with Crippen molar-refractivity contribution in [2.45, 2.75) is 0 Å². The summed E-state index contributed by atoms with van der Waals surface area (Å²) in [6.45, 7) is 0. The molecule has 0 aliphatic rings. The summed E-state index contributed by atoms with van der Waals surface area (Å²) in [4.78, 5) is 23.2. The third kappa shape index (κ3) is 2.15. The Kier molecular flexibility index (Phi) is 2.90. The minimum absolute atomic E-state index is 0.187. The number of nitrogens with zero attached hydrogens (tertiary/aromatic N) is 2. The maximum absolute atomic E-state index is 12.1. The van der Waals surface area contributed by atoms with Gasteiger partial charge in [0, 0.05) is 11.8 Å². The fraction of sp³-hybridized carbons (Fsp3) is 0. The van der Waals surface area contributed by atoms with Gasteiger partial charge in [0.15, 0.2) is 0 Å². The van der Waals surface area contributed by atoms with E-state index >= 15 is 0 Å². The molecule has 0 saturated heterocycles. The minimum atomic E-state index is -0.187. The molecule has 0 saturated carbocycles. The standard InChI is InChI=1S/C15H11N3O/c19-15-13(12-8-4-5-9-16-12)14(17-10-18-15)11-6-2-1-3-7-11/h1-10H,(H,17,18,19). The molecule has 2 heterocycles. The number of pyridine rings is 1. The Labute approximate surface area is 109 Å². The Bertz CT molecular complexity index is 736. The van der Waals surface area contributed by atoms with E-state index in [4.69, 9.17) is 0 Å². The largest absolute Gasteiger partial charge is 0.313 e. The molecule has 1 N–H and O–H groups in total. The Balaban J connectivity index is 2.28. The number of nitrogens with one attached hydrogen (secondary N) is 1. The average Bonchev–Trinajstić information content (AvgIpc) is 2.49. The smallest absolute Gasteiger partial charge is 0.260 e. The summed E-state index contributed by atoms with van der Waals surface area (Å²) >= 11 is 0. The quantitative estimate of drug-likeness (QED) is 0.759. The van der Waals surface area contributed by atoms with E-state index in [0.29, 0.717) is 17.0 Å². The van der Waals surface area contributed by atoms with Crippen molar-refractivity contribution in [3.8, 4) is 22.5 Å². The Morgan fingerprint density at radius 3 is 2.42 bits per heavy atom. The molecule has 1 aromatic carbocycles. The lowest BCUT2D eigenvalue weighted by atomic mass is 10.0. The molecule has 0 amide bonds. The summed E-state index contributed by atoms with van der Waals surface area (Å²) in [5, 5.41) is 0. The second-order valence-corrected chi connectivity index (χ2v) is 4.04. The third-order valence-electron chi connectivity index (χ3n) is 2.82. The van der Waals surface area contributed by atoms with Crippen molar-refractivity contribution >= 4 is 0 Å². The van der Waals surface area contributed by atoms with Crippen LogP contribution in [-0.2, 0) is 0 Å². The van der Waals surface area contributed by atoms with E-state index in [2.05, 4.69) is 15.0 Å². The van der Waals surface area contributed by atoms with Gasteiger partial charge in [-0.25, -0.2) is 4.98 Å². The van der Waals surface area contributed by atoms with Crippen molar-refractivity contribution in [1.82, 2.24) is 15.0 Å². The van der Waals surface area contributed by atoms with E-state index in [1.165, 1.54) is 6.33 Å². The fourth-order valence-corrected chi connectivity index (χ4v) is 1.96. The predicted molar refractivity (Wildman–Crippen MR) is 73.5 cm³/mol. The summed E-state index contributed by atoms with van der Waals surface area (Å²) in [5.41, 5.74) is 2.47. The van der Waals surface area contributed by atoms with E-state index < -0.39 is 0 Å². The van der Waals surface area contributed by atoms with E-state index in [1.54, 1.807) is 12.3 Å². The molecule has 92 valence electrons. The molecule has 0 unspecified atom stereocenters. The van der Waals surface area contributed by atoms with Gasteiger partial charge in [-0.2, -0.15) is 0 Å². The van der Waals surface area contributed by atoms with Gasteiger partial charge in [0.25, 0.3) is 5.56 Å². The summed E-state index contributed by atoms with van der Waals surface area (Å²) in [5.74, 6) is 0. The summed E-state index contributed by atoms with van der Waals surface area (Å²) in [6, 6.07) is 15.1. The SMILES string of the molecule is O=c1[nH]cnc(-c2ccccc2)c1-c1ccccn1. The van der Waals surface area contributed by atoms with E-state index in [9.17, 15) is 4.79 Å². The van der Waals surface area contributed by atoms with E-state index in [1.807, 2.05) is 42.5 Å². The number of aromatic nitrogens is 3. The number of rotatable bonds is 2. The van der Waals surface area contributed by atoms with Gasteiger partial charge in [-0.3, -0.25) is 9.78 Å². The van der Waals surface area contributed by atoms with Gasteiger partial charge in [-0.15, -0.1) is 0 Å². The van der Waals surface area contributed by atoms with Crippen LogP contribution in [0.4, 0.5) is 0 Å². The van der Waals surface area contributed by atoms with Gasteiger partial charge < -0.3 is 4.98 Å². The van der Waals surface area contributed by atoms with Crippen LogP contribution in [0.15, 0.2) is 65.8 Å². The monoisotopic (exact) mass is 249 g/mol. The van der Waals surface area contributed by atoms with Crippen LogP contribution in [0.2, 0.25) is 0 Å². The molecular formula is C15H11N3O. The van der Waals surface area contributed by atoms with Crippen LogP contribution in [0.1, 0.15) is 0 Å². The lowest BCUT2D eigenvalue weighted by Gasteiger charge is -2.06. The van der Waals surface area contributed by atoms with Gasteiger partial charge >= 0.3 is 0 Å². The second kappa shape index (κ2) is 4.86. The highest BCUT2D eigenvalue weighted by molar-refractivity contribution is 5.77. The molecule has 0 aliphatic heterocycles. The Morgan fingerprint density at radius 1 is 0.895 bits per heavy atom. The molecule has 4 heteroatoms. The number of H-pyrrole nitrogens is 1. The number of hydrogen-bond acceptors (Lipinski definition) is 3. The molecule has 19 heavy (non-hydrogen) atoms. The fourth-order valence-electron chi connectivity index (χ4n) is 1.96. The highest BCUT2D eigenvalue weighted by Gasteiger charge is 2.13. The normalized spacial score (nSPS) is 10.3. The number of benzene rings is 1. The van der Waals surface area contributed by atoms with Crippen molar-refractivity contribution in [3.63, 3.8) is 0 Å². The van der Waals surface area contributed by atoms with Crippen LogP contribution < -0.4 is 5.56 Å². The number of hydrogen-bond donors (Lipinski definition) is 1. The minimum Gasteiger partial charge on any atom is -0.313 e. The number of aromatic amines is 1. The maximum Gasteiger partial charge on any atom is 0.260 e. The zero-order valence-electron chi connectivity index (χ0n) is 10.1. The Morgan fingerprint density at radius 2 is 1.68 bits per heavy atom. The van der Waals surface area contributed by atoms with Gasteiger partial charge in [0.2, 0.25) is 0 Å². The molecule has 3 aromatic rings. The van der Waals surface area contributed by atoms with Crippen LogP contribution >= 0.6 is 0 Å². The van der Waals surface area contributed by atoms with Crippen molar-refractivity contribution in [3.05, 3.63) is 71.4 Å². The summed E-state index contributed by atoms with van der Waals surface area (Å²) in [7, 11) is 0.